The Kier molecular flexibility index (Phi) is 5.17. The zero-order valence-corrected chi connectivity index (χ0v) is 12.0. The van der Waals surface area contributed by atoms with Crippen LogP contribution in [0.25, 0.3) is 0 Å². The van der Waals surface area contributed by atoms with Crippen LogP contribution in [0, 0.1) is 5.92 Å². The molecule has 0 aliphatic heterocycles. The van der Waals surface area contributed by atoms with Gasteiger partial charge in [-0.2, -0.15) is 13.2 Å². The standard InChI is InChI=1S/C12H17F3N2O2S/c1-9(7-16)8-17(2)20(18,19)11-5-3-4-10(6-11)12(13,14)15/h3-6,9H,7-8,16H2,1-2H3. The zero-order valence-electron chi connectivity index (χ0n) is 11.2. The van der Waals surface area contributed by atoms with E-state index in [4.69, 9.17) is 5.73 Å². The fraction of sp³-hybridized carbons (Fsp3) is 0.500. The highest BCUT2D eigenvalue weighted by molar-refractivity contribution is 7.89. The molecule has 0 aromatic heterocycles. The number of alkyl halides is 3. The first-order valence-electron chi connectivity index (χ1n) is 5.92. The summed E-state index contributed by atoms with van der Waals surface area (Å²) < 4.78 is 63.2. The van der Waals surface area contributed by atoms with Crippen molar-refractivity contribution in [3.63, 3.8) is 0 Å². The van der Waals surface area contributed by atoms with Crippen molar-refractivity contribution >= 4 is 10.0 Å². The van der Waals surface area contributed by atoms with Crippen LogP contribution in [0.4, 0.5) is 13.2 Å². The minimum Gasteiger partial charge on any atom is -0.330 e. The zero-order chi connectivity index (χ0) is 15.6. The Morgan fingerprint density at radius 1 is 1.35 bits per heavy atom. The molecular formula is C12H17F3N2O2S. The number of nitrogens with zero attached hydrogens (tertiary/aromatic N) is 1. The Morgan fingerprint density at radius 2 is 1.95 bits per heavy atom. The van der Waals surface area contributed by atoms with Crippen molar-refractivity contribution in [1.82, 2.24) is 4.31 Å². The molecule has 1 atom stereocenters. The molecule has 0 fully saturated rings. The molecule has 1 rings (SSSR count). The van der Waals surface area contributed by atoms with Crippen LogP contribution in [0.2, 0.25) is 0 Å². The molecule has 0 spiro atoms. The van der Waals surface area contributed by atoms with Gasteiger partial charge in [-0.25, -0.2) is 12.7 Å². The van der Waals surface area contributed by atoms with Crippen molar-refractivity contribution < 1.29 is 21.6 Å². The molecule has 1 unspecified atom stereocenters. The second kappa shape index (κ2) is 6.11. The molecule has 8 heteroatoms. The molecule has 0 radical (unpaired) electrons. The Morgan fingerprint density at radius 3 is 2.45 bits per heavy atom. The maximum atomic E-state index is 12.6. The molecule has 0 aliphatic rings. The average Bonchev–Trinajstić information content (AvgIpc) is 2.37. The van der Waals surface area contributed by atoms with E-state index in [1.54, 1.807) is 6.92 Å². The summed E-state index contributed by atoms with van der Waals surface area (Å²) in [5, 5.41) is 0. The van der Waals surface area contributed by atoms with Crippen molar-refractivity contribution in [1.29, 1.82) is 0 Å². The highest BCUT2D eigenvalue weighted by atomic mass is 32.2. The van der Waals surface area contributed by atoms with E-state index in [1.165, 1.54) is 7.05 Å². The molecule has 20 heavy (non-hydrogen) atoms. The van der Waals surface area contributed by atoms with E-state index in [0.29, 0.717) is 12.6 Å². The van der Waals surface area contributed by atoms with Crippen molar-refractivity contribution in [2.24, 2.45) is 11.7 Å². The van der Waals surface area contributed by atoms with E-state index in [0.717, 1.165) is 22.5 Å². The smallest absolute Gasteiger partial charge is 0.330 e. The number of rotatable bonds is 5. The number of benzene rings is 1. The van der Waals surface area contributed by atoms with E-state index in [-0.39, 0.29) is 17.4 Å². The quantitative estimate of drug-likeness (QED) is 0.904. The predicted octanol–water partition coefficient (Wildman–Crippen LogP) is 1.92. The molecule has 0 saturated heterocycles. The summed E-state index contributed by atoms with van der Waals surface area (Å²) in [6.45, 7) is 2.20. The van der Waals surface area contributed by atoms with Gasteiger partial charge in [0.15, 0.2) is 0 Å². The summed E-state index contributed by atoms with van der Waals surface area (Å²) in [4.78, 5) is -0.376. The maximum Gasteiger partial charge on any atom is 0.416 e. The third-order valence-electron chi connectivity index (χ3n) is 2.84. The van der Waals surface area contributed by atoms with Gasteiger partial charge in [-0.3, -0.25) is 0 Å². The minimum atomic E-state index is -4.57. The molecule has 0 saturated carbocycles. The third-order valence-corrected chi connectivity index (χ3v) is 4.66. The van der Waals surface area contributed by atoms with Gasteiger partial charge in [0.05, 0.1) is 10.5 Å². The Labute approximate surface area is 116 Å². The van der Waals surface area contributed by atoms with Gasteiger partial charge in [-0.05, 0) is 30.7 Å². The summed E-state index contributed by atoms with van der Waals surface area (Å²) >= 11 is 0. The first-order valence-corrected chi connectivity index (χ1v) is 7.36. The Bertz CT molecular complexity index is 558. The number of sulfonamides is 1. The lowest BCUT2D eigenvalue weighted by molar-refractivity contribution is -0.137. The lowest BCUT2D eigenvalue weighted by Crippen LogP contribution is -2.33. The van der Waals surface area contributed by atoms with Crippen LogP contribution in [-0.2, 0) is 16.2 Å². The van der Waals surface area contributed by atoms with Gasteiger partial charge < -0.3 is 5.73 Å². The summed E-state index contributed by atoms with van der Waals surface area (Å²) in [5.74, 6) is -0.0828. The van der Waals surface area contributed by atoms with Crippen LogP contribution >= 0.6 is 0 Å². The second-order valence-corrected chi connectivity index (χ2v) is 6.70. The van der Waals surface area contributed by atoms with Crippen molar-refractivity contribution in [3.05, 3.63) is 29.8 Å². The number of hydrogen-bond donors (Lipinski definition) is 1. The Hall–Kier alpha value is -1.12. The third kappa shape index (κ3) is 3.94. The first kappa shape index (κ1) is 16.9. The minimum absolute atomic E-state index is 0.0828. The average molecular weight is 310 g/mol. The number of nitrogens with two attached hydrogens (primary N) is 1. The SMILES string of the molecule is CC(CN)CN(C)S(=O)(=O)c1cccc(C(F)(F)F)c1. The highest BCUT2D eigenvalue weighted by Crippen LogP contribution is 2.31. The van der Waals surface area contributed by atoms with Gasteiger partial charge in [-0.1, -0.05) is 13.0 Å². The molecule has 0 heterocycles. The van der Waals surface area contributed by atoms with Gasteiger partial charge in [0.2, 0.25) is 10.0 Å². The molecule has 0 amide bonds. The molecule has 4 nitrogen and oxygen atoms in total. The lowest BCUT2D eigenvalue weighted by Gasteiger charge is -2.20. The van der Waals surface area contributed by atoms with Crippen molar-refractivity contribution in [2.45, 2.75) is 18.0 Å². The van der Waals surface area contributed by atoms with E-state index in [1.807, 2.05) is 0 Å². The Balaban J connectivity index is 3.10. The van der Waals surface area contributed by atoms with E-state index >= 15 is 0 Å². The monoisotopic (exact) mass is 310 g/mol. The van der Waals surface area contributed by atoms with E-state index < -0.39 is 21.8 Å². The largest absolute Gasteiger partial charge is 0.416 e. The second-order valence-electron chi connectivity index (χ2n) is 4.65. The van der Waals surface area contributed by atoms with Crippen LogP contribution in [0.5, 0.6) is 0 Å². The van der Waals surface area contributed by atoms with Crippen molar-refractivity contribution in [3.8, 4) is 0 Å². The number of hydrogen-bond acceptors (Lipinski definition) is 3. The van der Waals surface area contributed by atoms with Crippen LogP contribution in [0.1, 0.15) is 12.5 Å². The van der Waals surface area contributed by atoms with Gasteiger partial charge in [0.25, 0.3) is 0 Å². The topological polar surface area (TPSA) is 63.4 Å². The fourth-order valence-electron chi connectivity index (χ4n) is 1.62. The first-order chi connectivity index (χ1) is 9.09. The molecule has 1 aromatic carbocycles. The lowest BCUT2D eigenvalue weighted by atomic mass is 10.2. The molecule has 0 aliphatic carbocycles. The molecule has 2 N–H and O–H groups in total. The van der Waals surface area contributed by atoms with Crippen LogP contribution < -0.4 is 5.73 Å². The van der Waals surface area contributed by atoms with Crippen LogP contribution in [0.3, 0.4) is 0 Å². The molecular weight excluding hydrogens is 293 g/mol. The summed E-state index contributed by atoms with van der Waals surface area (Å²) in [6, 6.07) is 3.70. The van der Waals surface area contributed by atoms with E-state index in [2.05, 4.69) is 0 Å². The predicted molar refractivity (Wildman–Crippen MR) is 69.5 cm³/mol. The van der Waals surface area contributed by atoms with Gasteiger partial charge in [0, 0.05) is 13.6 Å². The molecule has 0 bridgehead atoms. The molecule has 1 aromatic rings. The number of halogens is 3. The highest BCUT2D eigenvalue weighted by Gasteiger charge is 2.32. The summed E-state index contributed by atoms with van der Waals surface area (Å²) in [5.41, 5.74) is 4.43. The van der Waals surface area contributed by atoms with Gasteiger partial charge in [0.1, 0.15) is 0 Å². The maximum absolute atomic E-state index is 12.6. The van der Waals surface area contributed by atoms with Crippen LogP contribution in [0.15, 0.2) is 29.2 Å². The van der Waals surface area contributed by atoms with Gasteiger partial charge >= 0.3 is 6.18 Å². The normalized spacial score (nSPS) is 14.6. The fourth-order valence-corrected chi connectivity index (χ4v) is 2.96. The van der Waals surface area contributed by atoms with Gasteiger partial charge in [-0.15, -0.1) is 0 Å². The van der Waals surface area contributed by atoms with Crippen LogP contribution in [-0.4, -0.2) is 32.9 Å². The molecule has 114 valence electrons. The summed E-state index contributed by atoms with van der Waals surface area (Å²) in [6.07, 6.45) is -4.57. The van der Waals surface area contributed by atoms with E-state index in [9.17, 15) is 21.6 Å². The van der Waals surface area contributed by atoms with Crippen molar-refractivity contribution in [2.75, 3.05) is 20.1 Å². The summed E-state index contributed by atoms with van der Waals surface area (Å²) in [7, 11) is -2.63.